The van der Waals surface area contributed by atoms with Crippen molar-refractivity contribution in [2.75, 3.05) is 5.32 Å². The van der Waals surface area contributed by atoms with Crippen LogP contribution in [0.3, 0.4) is 0 Å². The van der Waals surface area contributed by atoms with E-state index in [1.807, 2.05) is 50.2 Å². The molecule has 24 heavy (non-hydrogen) atoms. The third kappa shape index (κ3) is 3.27. The van der Waals surface area contributed by atoms with Crippen molar-refractivity contribution >= 4 is 22.5 Å². The molecule has 0 aliphatic rings. The summed E-state index contributed by atoms with van der Waals surface area (Å²) in [7, 11) is 0. The first-order valence-corrected chi connectivity index (χ1v) is 7.95. The Morgan fingerprint density at radius 1 is 1.17 bits per heavy atom. The Morgan fingerprint density at radius 3 is 2.67 bits per heavy atom. The molecule has 1 atom stereocenters. The quantitative estimate of drug-likeness (QED) is 0.768. The fourth-order valence-electron chi connectivity index (χ4n) is 2.76. The standard InChI is InChI=1S/C20H19FN2O/c1-13(11-15-7-4-3-5-8-15)20(24)23-18-12-22-19-16(14(18)2)9-6-10-17(19)21/h3-10,12-13H,11H2,1-2H3,(H,23,24). The summed E-state index contributed by atoms with van der Waals surface area (Å²) in [6.07, 6.45) is 2.19. The van der Waals surface area contributed by atoms with E-state index in [0.717, 1.165) is 11.1 Å². The number of rotatable bonds is 4. The highest BCUT2D eigenvalue weighted by Gasteiger charge is 2.16. The second-order valence-electron chi connectivity index (χ2n) is 6.01. The maximum absolute atomic E-state index is 13.8. The monoisotopic (exact) mass is 322 g/mol. The fraction of sp³-hybridized carbons (Fsp3) is 0.200. The third-order valence-electron chi connectivity index (χ3n) is 4.21. The van der Waals surface area contributed by atoms with Gasteiger partial charge in [0, 0.05) is 11.3 Å². The number of nitrogens with zero attached hydrogens (tertiary/aromatic N) is 1. The van der Waals surface area contributed by atoms with Gasteiger partial charge in [-0.25, -0.2) is 4.39 Å². The van der Waals surface area contributed by atoms with Crippen LogP contribution in [0, 0.1) is 18.7 Å². The van der Waals surface area contributed by atoms with Gasteiger partial charge < -0.3 is 5.32 Å². The van der Waals surface area contributed by atoms with E-state index in [2.05, 4.69) is 10.3 Å². The number of anilines is 1. The van der Waals surface area contributed by atoms with Crippen molar-refractivity contribution < 1.29 is 9.18 Å². The van der Waals surface area contributed by atoms with Crippen molar-refractivity contribution in [1.82, 2.24) is 4.98 Å². The van der Waals surface area contributed by atoms with Gasteiger partial charge in [0.25, 0.3) is 0 Å². The van der Waals surface area contributed by atoms with Crippen LogP contribution in [0.4, 0.5) is 10.1 Å². The SMILES string of the molecule is Cc1c(NC(=O)C(C)Cc2ccccc2)cnc2c(F)cccc12. The molecule has 0 aliphatic heterocycles. The maximum Gasteiger partial charge on any atom is 0.227 e. The molecule has 0 spiro atoms. The number of carbonyl (C=O) groups excluding carboxylic acids is 1. The summed E-state index contributed by atoms with van der Waals surface area (Å²) >= 11 is 0. The molecule has 0 bridgehead atoms. The minimum absolute atomic E-state index is 0.0699. The first-order chi connectivity index (χ1) is 11.6. The van der Waals surface area contributed by atoms with Gasteiger partial charge in [0.1, 0.15) is 11.3 Å². The topological polar surface area (TPSA) is 42.0 Å². The predicted octanol–water partition coefficient (Wildman–Crippen LogP) is 4.50. The lowest BCUT2D eigenvalue weighted by molar-refractivity contribution is -0.119. The zero-order chi connectivity index (χ0) is 17.1. The number of aryl methyl sites for hydroxylation is 1. The van der Waals surface area contributed by atoms with E-state index in [9.17, 15) is 9.18 Å². The number of halogens is 1. The molecule has 2 aromatic carbocycles. The average molecular weight is 322 g/mol. The number of hydrogen-bond donors (Lipinski definition) is 1. The van der Waals surface area contributed by atoms with E-state index < -0.39 is 0 Å². The smallest absolute Gasteiger partial charge is 0.227 e. The molecule has 3 nitrogen and oxygen atoms in total. The number of fused-ring (bicyclic) bond motifs is 1. The number of nitrogens with one attached hydrogen (secondary N) is 1. The van der Waals surface area contributed by atoms with E-state index in [4.69, 9.17) is 0 Å². The van der Waals surface area contributed by atoms with Crippen molar-refractivity contribution in [3.8, 4) is 0 Å². The van der Waals surface area contributed by atoms with Gasteiger partial charge in [-0.05, 0) is 30.5 Å². The maximum atomic E-state index is 13.8. The van der Waals surface area contributed by atoms with Gasteiger partial charge in [0.15, 0.2) is 0 Å². The Morgan fingerprint density at radius 2 is 1.92 bits per heavy atom. The van der Waals surface area contributed by atoms with Crippen LogP contribution >= 0.6 is 0 Å². The minimum atomic E-state index is -0.356. The molecular formula is C20H19FN2O. The Kier molecular flexibility index (Phi) is 4.56. The van der Waals surface area contributed by atoms with Gasteiger partial charge in [0.2, 0.25) is 5.91 Å². The average Bonchev–Trinajstić information content (AvgIpc) is 2.59. The number of aromatic nitrogens is 1. The molecule has 1 amide bonds. The van der Waals surface area contributed by atoms with Crippen LogP contribution in [0.25, 0.3) is 10.9 Å². The molecule has 0 fully saturated rings. The number of benzene rings is 2. The summed E-state index contributed by atoms with van der Waals surface area (Å²) in [5.74, 6) is -0.597. The van der Waals surface area contributed by atoms with Crippen molar-refractivity contribution in [3.05, 3.63) is 71.7 Å². The molecule has 4 heteroatoms. The normalized spacial score (nSPS) is 12.1. The number of amides is 1. The van der Waals surface area contributed by atoms with Gasteiger partial charge in [-0.15, -0.1) is 0 Å². The van der Waals surface area contributed by atoms with Crippen molar-refractivity contribution in [1.29, 1.82) is 0 Å². The molecule has 0 saturated carbocycles. The largest absolute Gasteiger partial charge is 0.324 e. The zero-order valence-electron chi connectivity index (χ0n) is 13.7. The van der Waals surface area contributed by atoms with Crippen molar-refractivity contribution in [3.63, 3.8) is 0 Å². The van der Waals surface area contributed by atoms with Gasteiger partial charge in [-0.2, -0.15) is 0 Å². The fourth-order valence-corrected chi connectivity index (χ4v) is 2.76. The lowest BCUT2D eigenvalue weighted by atomic mass is 10.00. The predicted molar refractivity (Wildman–Crippen MR) is 94.4 cm³/mol. The van der Waals surface area contributed by atoms with Crippen LogP contribution in [-0.4, -0.2) is 10.9 Å². The van der Waals surface area contributed by atoms with Crippen molar-refractivity contribution in [2.45, 2.75) is 20.3 Å². The van der Waals surface area contributed by atoms with E-state index in [0.29, 0.717) is 23.0 Å². The highest BCUT2D eigenvalue weighted by molar-refractivity contribution is 5.96. The number of para-hydroxylation sites is 1. The molecular weight excluding hydrogens is 303 g/mol. The Bertz CT molecular complexity index is 877. The van der Waals surface area contributed by atoms with E-state index in [1.165, 1.54) is 12.3 Å². The van der Waals surface area contributed by atoms with Gasteiger partial charge >= 0.3 is 0 Å². The third-order valence-corrected chi connectivity index (χ3v) is 4.21. The molecule has 1 unspecified atom stereocenters. The molecule has 1 aromatic heterocycles. The first kappa shape index (κ1) is 16.1. The molecule has 3 rings (SSSR count). The Hall–Kier alpha value is -2.75. The second-order valence-corrected chi connectivity index (χ2v) is 6.01. The highest BCUT2D eigenvalue weighted by atomic mass is 19.1. The van der Waals surface area contributed by atoms with E-state index in [1.54, 1.807) is 6.07 Å². The van der Waals surface area contributed by atoms with Crippen LogP contribution in [0.2, 0.25) is 0 Å². The van der Waals surface area contributed by atoms with Crippen LogP contribution < -0.4 is 5.32 Å². The molecule has 1 N–H and O–H groups in total. The zero-order valence-corrected chi connectivity index (χ0v) is 13.7. The van der Waals surface area contributed by atoms with Crippen LogP contribution in [0.1, 0.15) is 18.1 Å². The van der Waals surface area contributed by atoms with Gasteiger partial charge in [-0.1, -0.05) is 49.4 Å². The molecule has 0 saturated heterocycles. The van der Waals surface area contributed by atoms with Crippen LogP contribution in [0.15, 0.2) is 54.7 Å². The molecule has 122 valence electrons. The summed E-state index contributed by atoms with van der Waals surface area (Å²) in [5.41, 5.74) is 2.89. The number of pyridine rings is 1. The summed E-state index contributed by atoms with van der Waals surface area (Å²) in [6, 6.07) is 14.7. The Labute approximate surface area is 140 Å². The van der Waals surface area contributed by atoms with Gasteiger partial charge in [0.05, 0.1) is 11.9 Å². The lowest BCUT2D eigenvalue weighted by Crippen LogP contribution is -2.22. The van der Waals surface area contributed by atoms with Gasteiger partial charge in [-0.3, -0.25) is 9.78 Å². The summed E-state index contributed by atoms with van der Waals surface area (Å²) in [4.78, 5) is 16.6. The summed E-state index contributed by atoms with van der Waals surface area (Å²) in [5, 5.41) is 3.63. The van der Waals surface area contributed by atoms with E-state index in [-0.39, 0.29) is 17.6 Å². The minimum Gasteiger partial charge on any atom is -0.324 e. The Balaban J connectivity index is 1.79. The number of hydrogen-bond acceptors (Lipinski definition) is 2. The highest BCUT2D eigenvalue weighted by Crippen LogP contribution is 2.25. The first-order valence-electron chi connectivity index (χ1n) is 7.95. The summed E-state index contributed by atoms with van der Waals surface area (Å²) < 4.78 is 13.8. The molecule has 0 radical (unpaired) electrons. The second kappa shape index (κ2) is 6.79. The van der Waals surface area contributed by atoms with Crippen molar-refractivity contribution in [2.24, 2.45) is 5.92 Å². The van der Waals surface area contributed by atoms with E-state index >= 15 is 0 Å². The molecule has 1 heterocycles. The van der Waals surface area contributed by atoms with Crippen LogP contribution in [0.5, 0.6) is 0 Å². The lowest BCUT2D eigenvalue weighted by Gasteiger charge is -2.15. The van der Waals surface area contributed by atoms with Crippen LogP contribution in [-0.2, 0) is 11.2 Å². The molecule has 0 aliphatic carbocycles. The molecule has 3 aromatic rings. The number of carbonyl (C=O) groups is 1. The summed E-state index contributed by atoms with van der Waals surface area (Å²) in [6.45, 7) is 3.76.